The number of nitrogens with one attached hydrogen (secondary N) is 1. The van der Waals surface area contributed by atoms with E-state index in [2.05, 4.69) is 24.4 Å². The second-order valence-electron chi connectivity index (χ2n) is 4.86. The van der Waals surface area contributed by atoms with Crippen LogP contribution in [0.3, 0.4) is 0 Å². The van der Waals surface area contributed by atoms with Gasteiger partial charge in [-0.3, -0.25) is 4.79 Å². The first kappa shape index (κ1) is 14.4. The predicted octanol–water partition coefficient (Wildman–Crippen LogP) is 2.52. The maximum Gasteiger partial charge on any atom is 0.230 e. The summed E-state index contributed by atoms with van der Waals surface area (Å²) in [6.45, 7) is 3.60. The van der Waals surface area contributed by atoms with E-state index in [0.29, 0.717) is 12.3 Å². The molecule has 4 heteroatoms. The summed E-state index contributed by atoms with van der Waals surface area (Å²) in [5.74, 6) is 1.51. The molecular formula is C15H21NO2S. The molecule has 0 spiro atoms. The number of benzene rings is 1. The van der Waals surface area contributed by atoms with E-state index >= 15 is 0 Å². The van der Waals surface area contributed by atoms with Gasteiger partial charge in [0, 0.05) is 18.9 Å². The lowest BCUT2D eigenvalue weighted by molar-refractivity contribution is -0.119. The largest absolute Gasteiger partial charge is 0.376 e. The molecule has 1 aliphatic rings. The van der Waals surface area contributed by atoms with E-state index in [1.165, 1.54) is 11.1 Å². The van der Waals surface area contributed by atoms with Crippen LogP contribution in [0.2, 0.25) is 0 Å². The first-order chi connectivity index (χ1) is 9.25. The second kappa shape index (κ2) is 7.56. The summed E-state index contributed by atoms with van der Waals surface area (Å²) < 4.78 is 5.47. The van der Waals surface area contributed by atoms with Gasteiger partial charge in [0.1, 0.15) is 0 Å². The van der Waals surface area contributed by atoms with Crippen LogP contribution in [0.15, 0.2) is 24.3 Å². The van der Waals surface area contributed by atoms with Crippen molar-refractivity contribution in [2.75, 3.05) is 18.9 Å². The Labute approximate surface area is 119 Å². The first-order valence-corrected chi connectivity index (χ1v) is 7.92. The average Bonchev–Trinajstić information content (AvgIpc) is 2.92. The van der Waals surface area contributed by atoms with Crippen LogP contribution in [0, 0.1) is 6.92 Å². The molecule has 1 fully saturated rings. The summed E-state index contributed by atoms with van der Waals surface area (Å²) in [7, 11) is 0. The van der Waals surface area contributed by atoms with Crippen LogP contribution in [0.5, 0.6) is 0 Å². The zero-order valence-corrected chi connectivity index (χ0v) is 12.2. The predicted molar refractivity (Wildman–Crippen MR) is 79.3 cm³/mol. The molecule has 1 heterocycles. The smallest absolute Gasteiger partial charge is 0.230 e. The summed E-state index contributed by atoms with van der Waals surface area (Å²) >= 11 is 1.66. The minimum atomic E-state index is 0.106. The molecule has 0 bridgehead atoms. The molecule has 2 rings (SSSR count). The fourth-order valence-electron chi connectivity index (χ4n) is 2.11. The molecule has 0 radical (unpaired) electrons. The highest BCUT2D eigenvalue weighted by Gasteiger charge is 2.15. The van der Waals surface area contributed by atoms with Crippen LogP contribution in [-0.2, 0) is 15.3 Å². The summed E-state index contributed by atoms with van der Waals surface area (Å²) in [6, 6.07) is 8.30. The van der Waals surface area contributed by atoms with Gasteiger partial charge in [-0.2, -0.15) is 0 Å². The van der Waals surface area contributed by atoms with Gasteiger partial charge in [0.25, 0.3) is 0 Å². The zero-order valence-electron chi connectivity index (χ0n) is 11.4. The standard InChI is InChI=1S/C15H21NO2S/c1-12-5-2-3-6-13(12)10-19-11-15(17)16-9-14-7-4-8-18-14/h2-3,5-6,14H,4,7-11H2,1H3,(H,16,17)/t14-/m0/s1. The molecule has 19 heavy (non-hydrogen) atoms. The van der Waals surface area contributed by atoms with Crippen LogP contribution < -0.4 is 5.32 Å². The molecule has 0 unspecified atom stereocenters. The lowest BCUT2D eigenvalue weighted by atomic mass is 10.1. The molecule has 1 aromatic rings. The van der Waals surface area contributed by atoms with Gasteiger partial charge >= 0.3 is 0 Å². The van der Waals surface area contributed by atoms with E-state index in [0.717, 1.165) is 25.2 Å². The van der Waals surface area contributed by atoms with Crippen molar-refractivity contribution in [3.63, 3.8) is 0 Å². The molecule has 0 aromatic heterocycles. The Morgan fingerprint density at radius 3 is 3.05 bits per heavy atom. The highest BCUT2D eigenvalue weighted by molar-refractivity contribution is 7.99. The Kier molecular flexibility index (Phi) is 5.73. The monoisotopic (exact) mass is 279 g/mol. The van der Waals surface area contributed by atoms with E-state index in [1.54, 1.807) is 11.8 Å². The first-order valence-electron chi connectivity index (χ1n) is 6.76. The third-order valence-electron chi connectivity index (χ3n) is 3.30. The van der Waals surface area contributed by atoms with Gasteiger partial charge in [-0.15, -0.1) is 11.8 Å². The normalized spacial score (nSPS) is 18.5. The van der Waals surface area contributed by atoms with E-state index in [4.69, 9.17) is 4.74 Å². The summed E-state index contributed by atoms with van der Waals surface area (Å²) in [4.78, 5) is 11.7. The third kappa shape index (κ3) is 4.88. The lowest BCUT2D eigenvalue weighted by Crippen LogP contribution is -2.32. The van der Waals surface area contributed by atoms with Crippen molar-refractivity contribution in [2.24, 2.45) is 0 Å². The maximum atomic E-state index is 11.7. The Hall–Kier alpha value is -1.00. The summed E-state index contributed by atoms with van der Waals surface area (Å²) in [6.07, 6.45) is 2.41. The molecular weight excluding hydrogens is 258 g/mol. The lowest BCUT2D eigenvalue weighted by Gasteiger charge is -2.10. The van der Waals surface area contributed by atoms with E-state index in [9.17, 15) is 4.79 Å². The molecule has 0 aliphatic carbocycles. The number of rotatable bonds is 6. The van der Waals surface area contributed by atoms with Crippen molar-refractivity contribution in [3.8, 4) is 0 Å². The topological polar surface area (TPSA) is 38.3 Å². The number of carbonyl (C=O) groups is 1. The van der Waals surface area contributed by atoms with Gasteiger partial charge in [0.15, 0.2) is 0 Å². The number of hydrogen-bond donors (Lipinski definition) is 1. The van der Waals surface area contributed by atoms with Crippen LogP contribution in [0.25, 0.3) is 0 Å². The van der Waals surface area contributed by atoms with Crippen LogP contribution in [0.1, 0.15) is 24.0 Å². The Morgan fingerprint density at radius 1 is 1.47 bits per heavy atom. The molecule has 1 amide bonds. The number of hydrogen-bond acceptors (Lipinski definition) is 3. The molecule has 1 aromatic carbocycles. The van der Waals surface area contributed by atoms with Crippen molar-refractivity contribution in [2.45, 2.75) is 31.6 Å². The highest BCUT2D eigenvalue weighted by atomic mass is 32.2. The minimum Gasteiger partial charge on any atom is -0.376 e. The fourth-order valence-corrected chi connectivity index (χ4v) is 3.04. The van der Waals surface area contributed by atoms with Gasteiger partial charge < -0.3 is 10.1 Å². The minimum absolute atomic E-state index is 0.106. The van der Waals surface area contributed by atoms with Crippen LogP contribution >= 0.6 is 11.8 Å². The van der Waals surface area contributed by atoms with Gasteiger partial charge in [-0.25, -0.2) is 0 Å². The molecule has 104 valence electrons. The van der Waals surface area contributed by atoms with Gasteiger partial charge in [-0.1, -0.05) is 24.3 Å². The molecule has 0 saturated carbocycles. The Bertz CT molecular complexity index is 416. The molecule has 3 nitrogen and oxygen atoms in total. The number of carbonyl (C=O) groups excluding carboxylic acids is 1. The quantitative estimate of drug-likeness (QED) is 0.869. The molecule has 1 aliphatic heterocycles. The van der Waals surface area contributed by atoms with Crippen LogP contribution in [-0.4, -0.2) is 30.9 Å². The number of ether oxygens (including phenoxy) is 1. The second-order valence-corrected chi connectivity index (χ2v) is 5.84. The zero-order chi connectivity index (χ0) is 13.5. The summed E-state index contributed by atoms with van der Waals surface area (Å²) in [5.41, 5.74) is 2.59. The average molecular weight is 279 g/mol. The van der Waals surface area contributed by atoms with Crippen molar-refractivity contribution in [3.05, 3.63) is 35.4 Å². The van der Waals surface area contributed by atoms with Crippen molar-refractivity contribution >= 4 is 17.7 Å². The molecule has 1 N–H and O–H groups in total. The van der Waals surface area contributed by atoms with Crippen molar-refractivity contribution in [1.82, 2.24) is 5.32 Å². The van der Waals surface area contributed by atoms with E-state index in [-0.39, 0.29) is 12.0 Å². The fraction of sp³-hybridized carbons (Fsp3) is 0.533. The Balaban J connectivity index is 1.62. The molecule has 1 saturated heterocycles. The maximum absolute atomic E-state index is 11.7. The SMILES string of the molecule is Cc1ccccc1CSCC(=O)NC[C@@H]1CCCO1. The highest BCUT2D eigenvalue weighted by Crippen LogP contribution is 2.15. The van der Waals surface area contributed by atoms with Gasteiger partial charge in [0.2, 0.25) is 5.91 Å². The van der Waals surface area contributed by atoms with Gasteiger partial charge in [0.05, 0.1) is 11.9 Å². The number of thioether (sulfide) groups is 1. The van der Waals surface area contributed by atoms with Crippen molar-refractivity contribution < 1.29 is 9.53 Å². The number of aryl methyl sites for hydroxylation is 1. The van der Waals surface area contributed by atoms with E-state index < -0.39 is 0 Å². The number of amides is 1. The van der Waals surface area contributed by atoms with Crippen LogP contribution in [0.4, 0.5) is 0 Å². The van der Waals surface area contributed by atoms with E-state index in [1.807, 2.05) is 12.1 Å². The Morgan fingerprint density at radius 2 is 2.32 bits per heavy atom. The third-order valence-corrected chi connectivity index (χ3v) is 4.28. The summed E-state index contributed by atoms with van der Waals surface area (Å²) in [5, 5.41) is 2.94. The molecule has 1 atom stereocenters. The van der Waals surface area contributed by atoms with Crippen molar-refractivity contribution in [1.29, 1.82) is 0 Å². The van der Waals surface area contributed by atoms with Gasteiger partial charge in [-0.05, 0) is 30.9 Å².